The van der Waals surface area contributed by atoms with Gasteiger partial charge in [-0.1, -0.05) is 18.2 Å². The van der Waals surface area contributed by atoms with E-state index in [1.165, 1.54) is 32.9 Å². The van der Waals surface area contributed by atoms with E-state index in [1.807, 2.05) is 0 Å². The molecule has 2 aliphatic heterocycles. The first-order chi connectivity index (χ1) is 19.2. The first kappa shape index (κ1) is 29.8. The van der Waals surface area contributed by atoms with Crippen LogP contribution in [-0.2, 0) is 24.0 Å². The lowest BCUT2D eigenvalue weighted by Crippen LogP contribution is -2.51. The summed E-state index contributed by atoms with van der Waals surface area (Å²) in [6.45, 7) is 5.89. The molecule has 0 bridgehead atoms. The molecule has 2 saturated heterocycles. The van der Waals surface area contributed by atoms with E-state index in [-0.39, 0.29) is 55.5 Å². The van der Waals surface area contributed by atoms with Crippen molar-refractivity contribution >= 4 is 39.6 Å². The lowest BCUT2D eigenvalue weighted by Gasteiger charge is -2.35. The SMILES string of the molecule is CC(C)(C)OC(=O)N1CCN(C(=O)c2ccc(N3C(=O)OCC3COC(=O)c3ccccc3)cc2S(C)(=O)=O)CC1. The molecule has 0 aliphatic carbocycles. The van der Waals surface area contributed by atoms with Crippen molar-refractivity contribution in [2.45, 2.75) is 37.3 Å². The summed E-state index contributed by atoms with van der Waals surface area (Å²) >= 11 is 0. The lowest BCUT2D eigenvalue weighted by molar-refractivity contribution is 0.0140. The van der Waals surface area contributed by atoms with Gasteiger partial charge < -0.3 is 24.0 Å². The first-order valence-electron chi connectivity index (χ1n) is 13.0. The first-order valence-corrected chi connectivity index (χ1v) is 14.9. The molecule has 1 unspecified atom stereocenters. The Morgan fingerprint density at radius 3 is 2.22 bits per heavy atom. The van der Waals surface area contributed by atoms with Crippen LogP contribution in [0.3, 0.4) is 0 Å². The molecule has 2 aromatic rings. The molecule has 0 radical (unpaired) electrons. The van der Waals surface area contributed by atoms with Gasteiger partial charge in [0.2, 0.25) is 0 Å². The number of cyclic esters (lactones) is 1. The molecule has 2 heterocycles. The highest BCUT2D eigenvalue weighted by Gasteiger charge is 2.37. The number of carbonyl (C=O) groups is 4. The standard InChI is InChI=1S/C28H33N3O9S/c1-28(2,3)40-26(34)30-14-12-29(13-15-30)24(32)22-11-10-20(16-23(22)41(4,36)37)31-21(18-39-27(31)35)17-38-25(33)19-8-6-5-7-9-19/h5-11,16,21H,12-15,17-18H2,1-4H3. The smallest absolute Gasteiger partial charge is 0.414 e. The van der Waals surface area contributed by atoms with Crippen molar-refractivity contribution in [1.82, 2.24) is 9.80 Å². The quantitative estimate of drug-likeness (QED) is 0.369. The van der Waals surface area contributed by atoms with Gasteiger partial charge >= 0.3 is 18.2 Å². The van der Waals surface area contributed by atoms with Crippen LogP contribution in [0.15, 0.2) is 53.4 Å². The number of carbonyl (C=O) groups excluding carboxylic acids is 4. The predicted octanol–water partition coefficient (Wildman–Crippen LogP) is 2.97. The summed E-state index contributed by atoms with van der Waals surface area (Å²) in [5.41, 5.74) is -0.180. The van der Waals surface area contributed by atoms with Crippen LogP contribution in [0.4, 0.5) is 15.3 Å². The van der Waals surface area contributed by atoms with E-state index in [0.717, 1.165) is 6.26 Å². The van der Waals surface area contributed by atoms with Gasteiger partial charge in [-0.25, -0.2) is 22.8 Å². The molecule has 2 aliphatic rings. The second-order valence-corrected chi connectivity index (χ2v) is 12.8. The summed E-state index contributed by atoms with van der Waals surface area (Å²) in [4.78, 5) is 54.7. The molecule has 41 heavy (non-hydrogen) atoms. The van der Waals surface area contributed by atoms with Gasteiger partial charge in [-0.15, -0.1) is 0 Å². The Balaban J connectivity index is 1.50. The van der Waals surface area contributed by atoms with Crippen LogP contribution in [-0.4, -0.2) is 99.6 Å². The summed E-state index contributed by atoms with van der Waals surface area (Å²) in [5.74, 6) is -1.09. The van der Waals surface area contributed by atoms with Gasteiger partial charge in [0, 0.05) is 38.1 Å². The van der Waals surface area contributed by atoms with Gasteiger partial charge in [0.25, 0.3) is 5.91 Å². The molecular formula is C28H33N3O9S. The molecule has 0 N–H and O–H groups in total. The van der Waals surface area contributed by atoms with Crippen molar-refractivity contribution in [1.29, 1.82) is 0 Å². The fourth-order valence-corrected chi connectivity index (χ4v) is 5.35. The highest BCUT2D eigenvalue weighted by molar-refractivity contribution is 7.90. The number of piperazine rings is 1. The molecule has 0 aromatic heterocycles. The normalized spacial score (nSPS) is 17.7. The van der Waals surface area contributed by atoms with E-state index >= 15 is 0 Å². The monoisotopic (exact) mass is 587 g/mol. The van der Waals surface area contributed by atoms with Crippen LogP contribution >= 0.6 is 0 Å². The summed E-state index contributed by atoms with van der Waals surface area (Å²) < 4.78 is 41.5. The van der Waals surface area contributed by atoms with Crippen molar-refractivity contribution in [3.05, 3.63) is 59.7 Å². The third kappa shape index (κ3) is 7.15. The zero-order chi connectivity index (χ0) is 29.9. The molecule has 4 rings (SSSR count). The Kier molecular flexibility index (Phi) is 8.57. The van der Waals surface area contributed by atoms with Gasteiger partial charge in [-0.3, -0.25) is 9.69 Å². The number of hydrogen-bond donors (Lipinski definition) is 0. The Labute approximate surface area is 238 Å². The van der Waals surface area contributed by atoms with Crippen molar-refractivity contribution in [2.75, 3.05) is 50.5 Å². The van der Waals surface area contributed by atoms with E-state index in [4.69, 9.17) is 14.2 Å². The molecule has 220 valence electrons. The van der Waals surface area contributed by atoms with Crippen molar-refractivity contribution < 1.29 is 41.8 Å². The highest BCUT2D eigenvalue weighted by atomic mass is 32.2. The van der Waals surface area contributed by atoms with Gasteiger partial charge in [0.15, 0.2) is 9.84 Å². The third-order valence-electron chi connectivity index (χ3n) is 6.47. The number of hydrogen-bond acceptors (Lipinski definition) is 9. The molecular weight excluding hydrogens is 554 g/mol. The summed E-state index contributed by atoms with van der Waals surface area (Å²) in [6, 6.07) is 11.7. The number of rotatable bonds is 6. The van der Waals surface area contributed by atoms with E-state index in [2.05, 4.69) is 0 Å². The largest absolute Gasteiger partial charge is 0.460 e. The van der Waals surface area contributed by atoms with E-state index in [9.17, 15) is 27.6 Å². The van der Waals surface area contributed by atoms with Crippen LogP contribution in [0, 0.1) is 0 Å². The summed E-state index contributed by atoms with van der Waals surface area (Å²) in [6.07, 6.45) is -0.236. The topological polar surface area (TPSA) is 140 Å². The number of esters is 1. The number of amides is 3. The van der Waals surface area contributed by atoms with Crippen molar-refractivity contribution in [3.63, 3.8) is 0 Å². The van der Waals surface area contributed by atoms with Crippen molar-refractivity contribution in [2.24, 2.45) is 0 Å². The van der Waals surface area contributed by atoms with Crippen LogP contribution < -0.4 is 4.90 Å². The fourth-order valence-electron chi connectivity index (χ4n) is 4.46. The molecule has 3 amide bonds. The zero-order valence-corrected chi connectivity index (χ0v) is 24.2. The van der Waals surface area contributed by atoms with Crippen LogP contribution in [0.25, 0.3) is 0 Å². The van der Waals surface area contributed by atoms with Crippen LogP contribution in [0.1, 0.15) is 41.5 Å². The predicted molar refractivity (Wildman–Crippen MR) is 148 cm³/mol. The van der Waals surface area contributed by atoms with E-state index in [0.29, 0.717) is 5.56 Å². The maximum absolute atomic E-state index is 13.4. The molecule has 12 nitrogen and oxygen atoms in total. The van der Waals surface area contributed by atoms with Gasteiger partial charge in [0.1, 0.15) is 24.9 Å². The molecule has 1 atom stereocenters. The van der Waals surface area contributed by atoms with Crippen molar-refractivity contribution in [3.8, 4) is 0 Å². The maximum atomic E-state index is 13.4. The second-order valence-electron chi connectivity index (χ2n) is 10.8. The molecule has 13 heteroatoms. The number of benzene rings is 2. The van der Waals surface area contributed by atoms with Gasteiger partial charge in [-0.2, -0.15) is 0 Å². The highest BCUT2D eigenvalue weighted by Crippen LogP contribution is 2.29. The summed E-state index contributed by atoms with van der Waals surface area (Å²) in [5, 5.41) is 0. The molecule has 0 spiro atoms. The maximum Gasteiger partial charge on any atom is 0.414 e. The average molecular weight is 588 g/mol. The lowest BCUT2D eigenvalue weighted by atomic mass is 10.1. The number of ether oxygens (including phenoxy) is 3. The van der Waals surface area contributed by atoms with Crippen LogP contribution in [0.2, 0.25) is 0 Å². The summed E-state index contributed by atoms with van der Waals surface area (Å²) in [7, 11) is -3.91. The minimum Gasteiger partial charge on any atom is -0.460 e. The van der Waals surface area contributed by atoms with Crippen LogP contribution in [0.5, 0.6) is 0 Å². The molecule has 2 fully saturated rings. The Hall–Kier alpha value is -4.13. The Bertz CT molecular complexity index is 1430. The minimum absolute atomic E-state index is 0.0541. The zero-order valence-electron chi connectivity index (χ0n) is 23.4. The van der Waals surface area contributed by atoms with Gasteiger partial charge in [-0.05, 0) is 51.1 Å². The third-order valence-corrected chi connectivity index (χ3v) is 7.61. The second kappa shape index (κ2) is 11.8. The van der Waals surface area contributed by atoms with Gasteiger partial charge in [0.05, 0.1) is 16.0 Å². The number of anilines is 1. The van der Waals surface area contributed by atoms with E-state index < -0.39 is 45.5 Å². The molecule has 2 aromatic carbocycles. The minimum atomic E-state index is -3.91. The average Bonchev–Trinajstić information content (AvgIpc) is 3.30. The van der Waals surface area contributed by atoms with E-state index in [1.54, 1.807) is 51.1 Å². The Morgan fingerprint density at radius 1 is 0.976 bits per heavy atom. The number of nitrogens with zero attached hydrogens (tertiary/aromatic N) is 3. The molecule has 0 saturated carbocycles. The fraction of sp³-hybridized carbons (Fsp3) is 0.429. The number of sulfone groups is 1. The Morgan fingerprint density at radius 2 is 1.61 bits per heavy atom.